The Morgan fingerprint density at radius 2 is 2.05 bits per heavy atom. The molecule has 0 aromatic heterocycles. The molecule has 0 atom stereocenters. The van der Waals surface area contributed by atoms with Crippen molar-refractivity contribution in [3.63, 3.8) is 0 Å². The Labute approximate surface area is 126 Å². The number of carbonyl (C=O) groups is 1. The number of nitrogens with zero attached hydrogens (tertiary/aromatic N) is 1. The van der Waals surface area contributed by atoms with Crippen LogP contribution in [-0.4, -0.2) is 37.0 Å². The number of benzene rings is 1. The summed E-state index contributed by atoms with van der Waals surface area (Å²) in [6, 6.07) is 8.38. The molecule has 0 spiro atoms. The molecular weight excluding hydrogens is 264 g/mol. The van der Waals surface area contributed by atoms with Crippen molar-refractivity contribution in [2.24, 2.45) is 5.92 Å². The molecular formula is C17H24N2O2. The summed E-state index contributed by atoms with van der Waals surface area (Å²) in [6.07, 6.45) is 5.70. The molecule has 1 aromatic rings. The summed E-state index contributed by atoms with van der Waals surface area (Å²) in [5, 5.41) is 2.98. The van der Waals surface area contributed by atoms with Crippen LogP contribution in [0.4, 0.5) is 5.69 Å². The molecule has 1 saturated heterocycles. The van der Waals surface area contributed by atoms with Crippen LogP contribution in [0.1, 0.15) is 32.1 Å². The van der Waals surface area contributed by atoms with Crippen LogP contribution in [0.5, 0.6) is 5.75 Å². The first-order chi connectivity index (χ1) is 10.2. The van der Waals surface area contributed by atoms with Crippen molar-refractivity contribution < 1.29 is 9.53 Å². The highest BCUT2D eigenvalue weighted by molar-refractivity contribution is 5.91. The molecule has 1 aliphatic heterocycles. The fraction of sp³-hybridized carbons (Fsp3) is 0.588. The average Bonchev–Trinajstić information content (AvgIpc) is 3.33. The topological polar surface area (TPSA) is 41.6 Å². The van der Waals surface area contributed by atoms with Crippen LogP contribution in [-0.2, 0) is 4.79 Å². The number of piperidine rings is 1. The van der Waals surface area contributed by atoms with Gasteiger partial charge in [-0.1, -0.05) is 6.07 Å². The lowest BCUT2D eigenvalue weighted by Gasteiger charge is -2.31. The second-order valence-electron chi connectivity index (χ2n) is 6.19. The molecule has 0 radical (unpaired) electrons. The van der Waals surface area contributed by atoms with Gasteiger partial charge in [0.05, 0.1) is 7.11 Å². The number of rotatable bonds is 5. The summed E-state index contributed by atoms with van der Waals surface area (Å²) in [5.74, 6) is 1.42. The number of likely N-dealkylation sites (tertiary alicyclic amines) is 1. The van der Waals surface area contributed by atoms with Crippen LogP contribution in [0.2, 0.25) is 0 Å². The molecule has 4 heteroatoms. The van der Waals surface area contributed by atoms with Crippen molar-refractivity contribution in [2.45, 2.75) is 38.1 Å². The lowest BCUT2D eigenvalue weighted by molar-refractivity contribution is -0.117. The Bertz CT molecular complexity index is 491. The zero-order valence-corrected chi connectivity index (χ0v) is 12.7. The third-order valence-electron chi connectivity index (χ3n) is 4.54. The van der Waals surface area contributed by atoms with Gasteiger partial charge in [0.2, 0.25) is 5.91 Å². The van der Waals surface area contributed by atoms with E-state index in [-0.39, 0.29) is 5.91 Å². The van der Waals surface area contributed by atoms with Crippen molar-refractivity contribution in [1.82, 2.24) is 4.90 Å². The van der Waals surface area contributed by atoms with Gasteiger partial charge in [0.15, 0.2) is 0 Å². The van der Waals surface area contributed by atoms with Gasteiger partial charge in [0.1, 0.15) is 5.75 Å². The molecule has 0 unspecified atom stereocenters. The summed E-state index contributed by atoms with van der Waals surface area (Å²) < 4.78 is 5.17. The van der Waals surface area contributed by atoms with Gasteiger partial charge in [-0.15, -0.1) is 0 Å². The van der Waals surface area contributed by atoms with Gasteiger partial charge in [0.25, 0.3) is 0 Å². The van der Waals surface area contributed by atoms with Crippen LogP contribution in [0, 0.1) is 5.92 Å². The molecule has 1 saturated carbocycles. The third kappa shape index (κ3) is 3.97. The van der Waals surface area contributed by atoms with Gasteiger partial charge in [-0.3, -0.25) is 4.79 Å². The van der Waals surface area contributed by atoms with Gasteiger partial charge in [-0.2, -0.15) is 0 Å². The lowest BCUT2D eigenvalue weighted by atomic mass is 9.93. The lowest BCUT2D eigenvalue weighted by Crippen LogP contribution is -2.36. The molecule has 1 aliphatic carbocycles. The van der Waals surface area contributed by atoms with E-state index < -0.39 is 0 Å². The minimum absolute atomic E-state index is 0.119. The van der Waals surface area contributed by atoms with Gasteiger partial charge >= 0.3 is 0 Å². The smallest absolute Gasteiger partial charge is 0.224 e. The Kier molecular flexibility index (Phi) is 4.44. The summed E-state index contributed by atoms with van der Waals surface area (Å²) in [6.45, 7) is 2.34. The predicted molar refractivity (Wildman–Crippen MR) is 83.6 cm³/mol. The van der Waals surface area contributed by atoms with E-state index >= 15 is 0 Å². The molecule has 114 valence electrons. The second-order valence-corrected chi connectivity index (χ2v) is 6.19. The molecule has 2 aliphatic rings. The van der Waals surface area contributed by atoms with E-state index in [1.165, 1.54) is 25.9 Å². The number of amides is 1. The molecule has 4 nitrogen and oxygen atoms in total. The first-order valence-electron chi connectivity index (χ1n) is 7.92. The quantitative estimate of drug-likeness (QED) is 0.906. The monoisotopic (exact) mass is 288 g/mol. The van der Waals surface area contributed by atoms with E-state index in [1.54, 1.807) is 7.11 Å². The fourth-order valence-electron chi connectivity index (χ4n) is 3.14. The summed E-state index contributed by atoms with van der Waals surface area (Å²) >= 11 is 0. The largest absolute Gasteiger partial charge is 0.497 e. The zero-order valence-electron chi connectivity index (χ0n) is 12.7. The fourth-order valence-corrected chi connectivity index (χ4v) is 3.14. The number of hydrogen-bond donors (Lipinski definition) is 1. The first-order valence-corrected chi connectivity index (χ1v) is 7.92. The Balaban J connectivity index is 1.45. The number of methoxy groups -OCH3 is 1. The standard InChI is InChI=1S/C17H24N2O2/c1-21-16-4-2-3-14(12-16)18-17(20)11-13-7-9-19(10-8-13)15-5-6-15/h2-4,12-13,15H,5-11H2,1H3,(H,18,20). The van der Waals surface area contributed by atoms with Crippen LogP contribution in [0.25, 0.3) is 0 Å². The molecule has 1 aromatic carbocycles. The van der Waals surface area contributed by atoms with Crippen molar-refractivity contribution in [3.05, 3.63) is 24.3 Å². The number of nitrogens with one attached hydrogen (secondary N) is 1. The number of anilines is 1. The Morgan fingerprint density at radius 1 is 1.29 bits per heavy atom. The van der Waals surface area contributed by atoms with E-state index in [4.69, 9.17) is 4.74 Å². The summed E-state index contributed by atoms with van der Waals surface area (Å²) in [5.41, 5.74) is 0.815. The zero-order chi connectivity index (χ0) is 14.7. The minimum atomic E-state index is 0.119. The maximum atomic E-state index is 12.1. The SMILES string of the molecule is COc1cccc(NC(=O)CC2CCN(C3CC3)CC2)c1. The van der Waals surface area contributed by atoms with Crippen LogP contribution >= 0.6 is 0 Å². The number of hydrogen-bond acceptors (Lipinski definition) is 3. The van der Waals surface area contributed by atoms with E-state index in [1.807, 2.05) is 24.3 Å². The molecule has 3 rings (SSSR count). The molecule has 21 heavy (non-hydrogen) atoms. The molecule has 1 N–H and O–H groups in total. The average molecular weight is 288 g/mol. The molecule has 1 amide bonds. The van der Waals surface area contributed by atoms with Gasteiger partial charge < -0.3 is 15.0 Å². The maximum Gasteiger partial charge on any atom is 0.224 e. The number of carbonyl (C=O) groups excluding carboxylic acids is 1. The molecule has 2 fully saturated rings. The van der Waals surface area contributed by atoms with Crippen molar-refractivity contribution >= 4 is 11.6 Å². The van der Waals surface area contributed by atoms with Crippen LogP contribution in [0.3, 0.4) is 0 Å². The molecule has 1 heterocycles. The van der Waals surface area contributed by atoms with Crippen LogP contribution < -0.4 is 10.1 Å². The van der Waals surface area contributed by atoms with E-state index in [9.17, 15) is 4.79 Å². The van der Waals surface area contributed by atoms with Crippen molar-refractivity contribution in [2.75, 3.05) is 25.5 Å². The third-order valence-corrected chi connectivity index (χ3v) is 4.54. The number of ether oxygens (including phenoxy) is 1. The van der Waals surface area contributed by atoms with E-state index in [0.29, 0.717) is 12.3 Å². The van der Waals surface area contributed by atoms with Crippen molar-refractivity contribution in [1.29, 1.82) is 0 Å². The van der Waals surface area contributed by atoms with Gasteiger partial charge in [-0.05, 0) is 56.8 Å². The van der Waals surface area contributed by atoms with E-state index in [2.05, 4.69) is 10.2 Å². The first kappa shape index (κ1) is 14.4. The Morgan fingerprint density at radius 3 is 2.71 bits per heavy atom. The highest BCUT2D eigenvalue weighted by Gasteiger charge is 2.32. The van der Waals surface area contributed by atoms with Gasteiger partial charge in [0, 0.05) is 24.2 Å². The normalized spacial score (nSPS) is 20.2. The second kappa shape index (κ2) is 6.48. The predicted octanol–water partition coefficient (Wildman–Crippen LogP) is 2.90. The van der Waals surface area contributed by atoms with Crippen LogP contribution in [0.15, 0.2) is 24.3 Å². The van der Waals surface area contributed by atoms with E-state index in [0.717, 1.165) is 30.3 Å². The summed E-state index contributed by atoms with van der Waals surface area (Å²) in [4.78, 5) is 14.7. The summed E-state index contributed by atoms with van der Waals surface area (Å²) in [7, 11) is 1.63. The van der Waals surface area contributed by atoms with Gasteiger partial charge in [-0.25, -0.2) is 0 Å². The minimum Gasteiger partial charge on any atom is -0.497 e. The molecule has 0 bridgehead atoms. The maximum absolute atomic E-state index is 12.1. The Hall–Kier alpha value is -1.55. The van der Waals surface area contributed by atoms with Crippen molar-refractivity contribution in [3.8, 4) is 5.75 Å². The highest BCUT2D eigenvalue weighted by Crippen LogP contribution is 2.31. The highest BCUT2D eigenvalue weighted by atomic mass is 16.5.